The molecule has 0 aliphatic heterocycles. The average Bonchev–Trinajstić information content (AvgIpc) is 3.00. The van der Waals surface area contributed by atoms with Gasteiger partial charge in [0, 0.05) is 12.1 Å². The van der Waals surface area contributed by atoms with E-state index in [1.807, 2.05) is 6.07 Å². The molecule has 0 bridgehead atoms. The van der Waals surface area contributed by atoms with E-state index in [1.165, 1.54) is 20.5 Å². The number of hydrogen-bond donors (Lipinski definition) is 1. The van der Waals surface area contributed by atoms with E-state index in [4.69, 9.17) is 14.9 Å². The Kier molecular flexibility index (Phi) is 7.51. The molecule has 28 heavy (non-hydrogen) atoms. The van der Waals surface area contributed by atoms with Crippen molar-refractivity contribution in [1.82, 2.24) is 9.78 Å². The Morgan fingerprint density at radius 3 is 2.46 bits per heavy atom. The van der Waals surface area contributed by atoms with Crippen LogP contribution in [0.2, 0.25) is 0 Å². The largest absolute Gasteiger partial charge is 0.480 e. The highest BCUT2D eigenvalue weighted by Crippen LogP contribution is 2.35. The number of rotatable bonds is 8. The second-order valence-electron chi connectivity index (χ2n) is 8.05. The molecule has 0 spiro atoms. The fraction of sp³-hybridized carbons (Fsp3) is 0.545. The zero-order valence-electron chi connectivity index (χ0n) is 16.6. The van der Waals surface area contributed by atoms with Gasteiger partial charge in [-0.2, -0.15) is 5.10 Å². The highest BCUT2D eigenvalue weighted by Gasteiger charge is 2.25. The van der Waals surface area contributed by atoms with Crippen LogP contribution in [0.4, 0.5) is 0 Å². The summed E-state index contributed by atoms with van der Waals surface area (Å²) >= 11 is 2.45. The molecule has 1 N–H and O–H groups in total. The third kappa shape index (κ3) is 5.35. The van der Waals surface area contributed by atoms with Crippen molar-refractivity contribution in [1.29, 1.82) is 0 Å². The van der Waals surface area contributed by atoms with Gasteiger partial charge in [-0.1, -0.05) is 44.2 Å². The number of nitrogens with zero attached hydrogens (tertiary/aromatic N) is 2. The zero-order valence-corrected chi connectivity index (χ0v) is 18.8. The standard InChI is InChI=1S/C22H29IN2O3/c1-15(2)21-20(23)22(18-6-4-3-5-7-18)25(24-21)12-16-8-10-17(11-9-16)13-28-14-19(26)27/h3-7,15-17H,8-14H2,1-2H3,(H,26,27)/t16-,17-. The fourth-order valence-electron chi connectivity index (χ4n) is 3.97. The summed E-state index contributed by atoms with van der Waals surface area (Å²) in [5.41, 5.74) is 3.63. The summed E-state index contributed by atoms with van der Waals surface area (Å²) < 4.78 is 8.77. The zero-order chi connectivity index (χ0) is 20.1. The molecule has 0 unspecified atom stereocenters. The molecule has 1 aliphatic rings. The van der Waals surface area contributed by atoms with E-state index in [-0.39, 0.29) is 6.61 Å². The predicted molar refractivity (Wildman–Crippen MR) is 118 cm³/mol. The van der Waals surface area contributed by atoms with E-state index in [1.54, 1.807) is 0 Å². The van der Waals surface area contributed by atoms with Gasteiger partial charge in [-0.05, 0) is 66.0 Å². The molecule has 1 saturated carbocycles. The number of carboxylic acid groups (broad SMARTS) is 1. The lowest BCUT2D eigenvalue weighted by Crippen LogP contribution is -2.23. The topological polar surface area (TPSA) is 64.4 Å². The summed E-state index contributed by atoms with van der Waals surface area (Å²) in [6.45, 7) is 5.71. The van der Waals surface area contributed by atoms with Gasteiger partial charge >= 0.3 is 5.97 Å². The Morgan fingerprint density at radius 1 is 1.21 bits per heavy atom. The summed E-state index contributed by atoms with van der Waals surface area (Å²) in [7, 11) is 0. The Morgan fingerprint density at radius 2 is 1.86 bits per heavy atom. The van der Waals surface area contributed by atoms with Crippen molar-refractivity contribution in [2.24, 2.45) is 11.8 Å². The van der Waals surface area contributed by atoms with Crippen LogP contribution in [-0.4, -0.2) is 34.1 Å². The van der Waals surface area contributed by atoms with E-state index in [0.717, 1.165) is 32.2 Å². The van der Waals surface area contributed by atoms with E-state index >= 15 is 0 Å². The number of halogens is 1. The Bertz CT molecular complexity index is 781. The predicted octanol–water partition coefficient (Wildman–Crippen LogP) is 5.19. The van der Waals surface area contributed by atoms with Crippen LogP contribution in [0, 0.1) is 15.4 Å². The minimum Gasteiger partial charge on any atom is -0.480 e. The number of carbonyl (C=O) groups is 1. The molecule has 0 saturated heterocycles. The van der Waals surface area contributed by atoms with E-state index in [9.17, 15) is 4.79 Å². The molecule has 2 aromatic rings. The van der Waals surface area contributed by atoms with Crippen molar-refractivity contribution < 1.29 is 14.6 Å². The lowest BCUT2D eigenvalue weighted by Gasteiger charge is -2.28. The monoisotopic (exact) mass is 496 g/mol. The molecule has 6 heteroatoms. The number of benzene rings is 1. The van der Waals surface area contributed by atoms with Gasteiger partial charge in [0.05, 0.1) is 21.6 Å². The SMILES string of the molecule is CC(C)c1nn(C[C@H]2CC[C@H](COCC(=O)O)CC2)c(-c2ccccc2)c1I. The molecule has 0 atom stereocenters. The number of aromatic nitrogens is 2. The quantitative estimate of drug-likeness (QED) is 0.512. The maximum absolute atomic E-state index is 10.6. The fourth-order valence-corrected chi connectivity index (χ4v) is 5.29. The lowest BCUT2D eigenvalue weighted by molar-refractivity contribution is -0.142. The van der Waals surface area contributed by atoms with Gasteiger partial charge in [-0.25, -0.2) is 4.79 Å². The van der Waals surface area contributed by atoms with Crippen LogP contribution < -0.4 is 0 Å². The van der Waals surface area contributed by atoms with Crippen molar-refractivity contribution in [3.05, 3.63) is 39.6 Å². The second kappa shape index (κ2) is 9.87. The first-order valence-electron chi connectivity index (χ1n) is 10.1. The first kappa shape index (κ1) is 21.3. The normalized spacial score (nSPS) is 19.9. The number of aliphatic carboxylic acids is 1. The molecule has 152 valence electrons. The van der Waals surface area contributed by atoms with Crippen LogP contribution in [0.5, 0.6) is 0 Å². The van der Waals surface area contributed by atoms with Crippen molar-refractivity contribution in [2.75, 3.05) is 13.2 Å². The first-order valence-corrected chi connectivity index (χ1v) is 11.1. The second-order valence-corrected chi connectivity index (χ2v) is 9.13. The summed E-state index contributed by atoms with van der Waals surface area (Å²) in [5, 5.41) is 13.7. The maximum atomic E-state index is 10.6. The highest BCUT2D eigenvalue weighted by molar-refractivity contribution is 14.1. The minimum absolute atomic E-state index is 0.190. The van der Waals surface area contributed by atoms with Gasteiger partial charge in [0.25, 0.3) is 0 Å². The van der Waals surface area contributed by atoms with Gasteiger partial charge < -0.3 is 9.84 Å². The molecule has 0 amide bonds. The molecule has 1 aromatic heterocycles. The molecular formula is C22H29IN2O3. The van der Waals surface area contributed by atoms with Crippen LogP contribution in [0.15, 0.2) is 30.3 Å². The van der Waals surface area contributed by atoms with Crippen LogP contribution in [0.25, 0.3) is 11.3 Å². The van der Waals surface area contributed by atoms with E-state index in [0.29, 0.717) is 24.4 Å². The van der Waals surface area contributed by atoms with Gasteiger partial charge in [-0.3, -0.25) is 4.68 Å². The van der Waals surface area contributed by atoms with Gasteiger partial charge in [-0.15, -0.1) is 0 Å². The van der Waals surface area contributed by atoms with Crippen LogP contribution in [0.1, 0.15) is 51.1 Å². The van der Waals surface area contributed by atoms with Crippen molar-refractivity contribution >= 4 is 28.6 Å². The van der Waals surface area contributed by atoms with Gasteiger partial charge in [0.2, 0.25) is 0 Å². The molecular weight excluding hydrogens is 467 g/mol. The van der Waals surface area contributed by atoms with E-state index in [2.05, 4.69) is 65.4 Å². The number of ether oxygens (including phenoxy) is 1. The third-order valence-corrected chi connectivity index (χ3v) is 6.55. The Balaban J connectivity index is 1.68. The molecule has 1 aliphatic carbocycles. The smallest absolute Gasteiger partial charge is 0.329 e. The molecule has 1 heterocycles. The average molecular weight is 496 g/mol. The molecule has 1 fully saturated rings. The van der Waals surface area contributed by atoms with E-state index < -0.39 is 5.97 Å². The number of carboxylic acids is 1. The minimum atomic E-state index is -0.892. The third-order valence-electron chi connectivity index (χ3n) is 5.49. The highest BCUT2D eigenvalue weighted by atomic mass is 127. The summed E-state index contributed by atoms with van der Waals surface area (Å²) in [4.78, 5) is 10.6. The van der Waals surface area contributed by atoms with Gasteiger partial charge in [0.15, 0.2) is 0 Å². The lowest BCUT2D eigenvalue weighted by atomic mass is 9.82. The summed E-state index contributed by atoms with van der Waals surface area (Å²) in [5.74, 6) is 0.594. The van der Waals surface area contributed by atoms with Crippen molar-refractivity contribution in [3.8, 4) is 11.3 Å². The van der Waals surface area contributed by atoms with Crippen LogP contribution in [-0.2, 0) is 16.1 Å². The van der Waals surface area contributed by atoms with Crippen LogP contribution in [0.3, 0.4) is 0 Å². The first-order chi connectivity index (χ1) is 13.5. The van der Waals surface area contributed by atoms with Gasteiger partial charge in [0.1, 0.15) is 6.61 Å². The Hall–Kier alpha value is -1.41. The molecule has 0 radical (unpaired) electrons. The molecule has 5 nitrogen and oxygen atoms in total. The summed E-state index contributed by atoms with van der Waals surface area (Å²) in [6.07, 6.45) is 4.48. The maximum Gasteiger partial charge on any atom is 0.329 e. The van der Waals surface area contributed by atoms with Crippen molar-refractivity contribution in [2.45, 2.75) is 52.0 Å². The summed E-state index contributed by atoms with van der Waals surface area (Å²) in [6, 6.07) is 10.5. The Labute approximate surface area is 180 Å². The number of hydrogen-bond acceptors (Lipinski definition) is 3. The molecule has 1 aromatic carbocycles. The van der Waals surface area contributed by atoms with Crippen molar-refractivity contribution in [3.63, 3.8) is 0 Å². The van der Waals surface area contributed by atoms with Crippen LogP contribution >= 0.6 is 22.6 Å². The molecule has 3 rings (SSSR count).